The number of hydrogen-bond donors (Lipinski definition) is 0. The van der Waals surface area contributed by atoms with Crippen molar-refractivity contribution in [1.29, 1.82) is 0 Å². The molecule has 1 aromatic rings. The summed E-state index contributed by atoms with van der Waals surface area (Å²) in [4.78, 5) is 11.4. The molecule has 4 heteroatoms. The summed E-state index contributed by atoms with van der Waals surface area (Å²) in [5.41, 5.74) is 1.17. The Morgan fingerprint density at radius 3 is 2.62 bits per heavy atom. The lowest BCUT2D eigenvalue weighted by Crippen LogP contribution is -2.06. The predicted octanol–water partition coefficient (Wildman–Crippen LogP) is 3.06. The van der Waals surface area contributed by atoms with Gasteiger partial charge >= 0.3 is 5.97 Å². The van der Waals surface area contributed by atoms with Gasteiger partial charge in [-0.3, -0.25) is 0 Å². The van der Waals surface area contributed by atoms with E-state index in [-0.39, 0.29) is 5.97 Å². The van der Waals surface area contributed by atoms with E-state index in [0.717, 1.165) is 24.2 Å². The molecule has 16 heavy (non-hydrogen) atoms. The maximum Gasteiger partial charge on any atom is 0.360 e. The second kappa shape index (κ2) is 5.68. The summed E-state index contributed by atoms with van der Waals surface area (Å²) < 4.78 is 10.00. The maximum absolute atomic E-state index is 11.4. The number of hydrogen-bond acceptors (Lipinski definition) is 4. The largest absolute Gasteiger partial charge is 0.461 e. The standard InChI is InChI=1S/C10H13NO3.C2H6/c1-3-13-10(12)8-6(2)9(14-11-8)7-4-5-7;1-2/h7H,3-5H2,1-2H3;1-2H3. The second-order valence-electron chi connectivity index (χ2n) is 3.52. The first-order valence-corrected chi connectivity index (χ1v) is 5.87. The van der Waals surface area contributed by atoms with E-state index >= 15 is 0 Å². The molecule has 0 bridgehead atoms. The highest BCUT2D eigenvalue weighted by atomic mass is 16.5. The van der Waals surface area contributed by atoms with Crippen LogP contribution in [0.5, 0.6) is 0 Å². The molecule has 1 aliphatic rings. The maximum atomic E-state index is 11.4. The zero-order chi connectivity index (χ0) is 12.1. The lowest BCUT2D eigenvalue weighted by Gasteiger charge is -1.97. The van der Waals surface area contributed by atoms with Gasteiger partial charge in [-0.2, -0.15) is 0 Å². The van der Waals surface area contributed by atoms with Crippen molar-refractivity contribution in [2.75, 3.05) is 6.61 Å². The molecule has 0 atom stereocenters. The molecule has 0 amide bonds. The number of carbonyl (C=O) groups excluding carboxylic acids is 1. The van der Waals surface area contributed by atoms with Crippen molar-refractivity contribution in [2.45, 2.75) is 46.5 Å². The lowest BCUT2D eigenvalue weighted by atomic mass is 10.1. The topological polar surface area (TPSA) is 52.3 Å². The molecule has 1 aromatic heterocycles. The minimum atomic E-state index is -0.388. The molecule has 0 spiro atoms. The quantitative estimate of drug-likeness (QED) is 0.742. The summed E-state index contributed by atoms with van der Waals surface area (Å²) in [7, 11) is 0. The number of carbonyl (C=O) groups is 1. The van der Waals surface area contributed by atoms with E-state index in [9.17, 15) is 4.79 Å². The molecule has 0 aliphatic heterocycles. The first-order chi connectivity index (χ1) is 7.74. The van der Waals surface area contributed by atoms with Gasteiger partial charge in [0.05, 0.1) is 6.61 Å². The molecule has 0 saturated heterocycles. The fourth-order valence-electron chi connectivity index (χ4n) is 1.46. The molecular formula is C12H19NO3. The fraction of sp³-hybridized carbons (Fsp3) is 0.667. The van der Waals surface area contributed by atoms with Crippen LogP contribution < -0.4 is 0 Å². The third-order valence-electron chi connectivity index (χ3n) is 2.38. The third-order valence-corrected chi connectivity index (χ3v) is 2.38. The van der Waals surface area contributed by atoms with Gasteiger partial charge in [0, 0.05) is 11.5 Å². The Bertz CT molecular complexity index is 353. The normalized spacial score (nSPS) is 14.0. The summed E-state index contributed by atoms with van der Waals surface area (Å²) in [6, 6.07) is 0. The van der Waals surface area contributed by atoms with Gasteiger partial charge in [0.2, 0.25) is 0 Å². The molecule has 4 nitrogen and oxygen atoms in total. The molecule has 0 radical (unpaired) electrons. The van der Waals surface area contributed by atoms with Crippen LogP contribution in [-0.4, -0.2) is 17.7 Å². The number of nitrogens with zero attached hydrogens (tertiary/aromatic N) is 1. The summed E-state index contributed by atoms with van der Waals surface area (Å²) >= 11 is 0. The molecule has 1 fully saturated rings. The van der Waals surface area contributed by atoms with E-state index in [0.29, 0.717) is 18.2 Å². The van der Waals surface area contributed by atoms with Crippen LogP contribution >= 0.6 is 0 Å². The van der Waals surface area contributed by atoms with Crippen LogP contribution in [0.4, 0.5) is 0 Å². The van der Waals surface area contributed by atoms with Crippen molar-refractivity contribution in [3.8, 4) is 0 Å². The molecule has 1 heterocycles. The third kappa shape index (κ3) is 2.62. The monoisotopic (exact) mass is 225 g/mol. The van der Waals surface area contributed by atoms with Crippen molar-refractivity contribution < 1.29 is 14.1 Å². The fourth-order valence-corrected chi connectivity index (χ4v) is 1.46. The molecule has 1 saturated carbocycles. The molecule has 0 unspecified atom stereocenters. The molecular weight excluding hydrogens is 206 g/mol. The predicted molar refractivity (Wildman–Crippen MR) is 60.5 cm³/mol. The smallest absolute Gasteiger partial charge is 0.360 e. The van der Waals surface area contributed by atoms with Crippen LogP contribution in [0.25, 0.3) is 0 Å². The summed E-state index contributed by atoms with van der Waals surface area (Å²) in [5.74, 6) is 0.944. The number of aromatic nitrogens is 1. The van der Waals surface area contributed by atoms with Crippen molar-refractivity contribution in [1.82, 2.24) is 5.16 Å². The highest BCUT2D eigenvalue weighted by molar-refractivity contribution is 5.88. The highest BCUT2D eigenvalue weighted by Gasteiger charge is 2.32. The Morgan fingerprint density at radius 2 is 2.12 bits per heavy atom. The van der Waals surface area contributed by atoms with Crippen molar-refractivity contribution in [2.24, 2.45) is 0 Å². The van der Waals surface area contributed by atoms with Gasteiger partial charge in [0.25, 0.3) is 0 Å². The van der Waals surface area contributed by atoms with Gasteiger partial charge in [-0.05, 0) is 26.7 Å². The minimum absolute atomic E-state index is 0.328. The zero-order valence-corrected chi connectivity index (χ0v) is 10.4. The summed E-state index contributed by atoms with van der Waals surface area (Å²) in [5, 5.41) is 3.75. The molecule has 0 N–H and O–H groups in total. The van der Waals surface area contributed by atoms with Crippen LogP contribution in [0, 0.1) is 6.92 Å². The van der Waals surface area contributed by atoms with Crippen molar-refractivity contribution in [3.05, 3.63) is 17.0 Å². The van der Waals surface area contributed by atoms with Gasteiger partial charge in [-0.15, -0.1) is 0 Å². The molecule has 0 aromatic carbocycles. The van der Waals surface area contributed by atoms with E-state index in [4.69, 9.17) is 9.26 Å². The average molecular weight is 225 g/mol. The Labute approximate surface area is 96.0 Å². The Balaban J connectivity index is 0.000000606. The van der Waals surface area contributed by atoms with Crippen LogP contribution in [0.2, 0.25) is 0 Å². The molecule has 90 valence electrons. The van der Waals surface area contributed by atoms with Crippen molar-refractivity contribution in [3.63, 3.8) is 0 Å². The van der Waals surface area contributed by atoms with Gasteiger partial charge in [-0.25, -0.2) is 4.79 Å². The molecule has 1 aliphatic carbocycles. The minimum Gasteiger partial charge on any atom is -0.461 e. The van der Waals surface area contributed by atoms with E-state index in [2.05, 4.69) is 5.16 Å². The number of ether oxygens (including phenoxy) is 1. The Morgan fingerprint density at radius 1 is 1.50 bits per heavy atom. The first kappa shape index (κ1) is 12.7. The van der Waals surface area contributed by atoms with E-state index < -0.39 is 0 Å². The number of rotatable bonds is 3. The Hall–Kier alpha value is -1.32. The van der Waals surface area contributed by atoms with Crippen LogP contribution in [0.1, 0.15) is 61.3 Å². The average Bonchev–Trinajstić information content (AvgIpc) is 3.06. The Kier molecular flexibility index (Phi) is 4.52. The van der Waals surface area contributed by atoms with E-state index in [1.807, 2.05) is 20.8 Å². The van der Waals surface area contributed by atoms with Gasteiger partial charge in [0.15, 0.2) is 5.69 Å². The van der Waals surface area contributed by atoms with E-state index in [1.165, 1.54) is 0 Å². The van der Waals surface area contributed by atoms with Crippen LogP contribution in [-0.2, 0) is 4.74 Å². The second-order valence-corrected chi connectivity index (χ2v) is 3.52. The van der Waals surface area contributed by atoms with Crippen LogP contribution in [0.3, 0.4) is 0 Å². The highest BCUT2D eigenvalue weighted by Crippen LogP contribution is 2.42. The van der Waals surface area contributed by atoms with Gasteiger partial charge in [0.1, 0.15) is 5.76 Å². The molecule has 2 rings (SSSR count). The number of esters is 1. The van der Waals surface area contributed by atoms with Gasteiger partial charge < -0.3 is 9.26 Å². The summed E-state index contributed by atoms with van der Waals surface area (Å²) in [6.07, 6.45) is 2.27. The first-order valence-electron chi connectivity index (χ1n) is 5.87. The lowest BCUT2D eigenvalue weighted by molar-refractivity contribution is 0.0514. The van der Waals surface area contributed by atoms with Crippen LogP contribution in [0.15, 0.2) is 4.52 Å². The van der Waals surface area contributed by atoms with Gasteiger partial charge in [-0.1, -0.05) is 19.0 Å². The van der Waals surface area contributed by atoms with Crippen molar-refractivity contribution >= 4 is 5.97 Å². The van der Waals surface area contributed by atoms with E-state index in [1.54, 1.807) is 6.92 Å². The SMILES string of the molecule is CC.CCOC(=O)c1noc(C2CC2)c1C. The summed E-state index contributed by atoms with van der Waals surface area (Å²) in [6.45, 7) is 8.00. The zero-order valence-electron chi connectivity index (χ0n) is 10.4.